The van der Waals surface area contributed by atoms with Crippen molar-refractivity contribution in [3.05, 3.63) is 0 Å². The molecule has 0 saturated heterocycles. The lowest BCUT2D eigenvalue weighted by atomic mass is 10.4. The fourth-order valence-electron chi connectivity index (χ4n) is 0.498. The van der Waals surface area contributed by atoms with Gasteiger partial charge in [0.15, 0.2) is 0 Å². The van der Waals surface area contributed by atoms with E-state index in [1.807, 2.05) is 6.92 Å². The molecule has 0 unspecified atom stereocenters. The predicted octanol–water partition coefficient (Wildman–Crippen LogP) is -0.280. The van der Waals surface area contributed by atoms with Gasteiger partial charge in [0.1, 0.15) is 6.61 Å². The Labute approximate surface area is 42.2 Å². The Morgan fingerprint density at radius 1 is 2.00 bits per heavy atom. The van der Waals surface area contributed by atoms with Gasteiger partial charge in [-0.05, 0) is 6.92 Å². The number of aliphatic imine (C=N–C) groups is 1. The molecule has 0 fully saturated rings. The van der Waals surface area contributed by atoms with E-state index in [4.69, 9.17) is 10.5 Å². The topological polar surface area (TPSA) is 47.6 Å². The van der Waals surface area contributed by atoms with E-state index in [2.05, 4.69) is 4.99 Å². The van der Waals surface area contributed by atoms with Crippen LogP contribution in [0.2, 0.25) is 0 Å². The van der Waals surface area contributed by atoms with Crippen LogP contribution in [0.1, 0.15) is 6.92 Å². The zero-order chi connectivity index (χ0) is 5.28. The van der Waals surface area contributed by atoms with E-state index >= 15 is 0 Å². The Kier molecular flexibility index (Phi) is 0.889. The summed E-state index contributed by atoms with van der Waals surface area (Å²) in [5.41, 5.74) is 5.15. The number of amidine groups is 1. The highest BCUT2D eigenvalue weighted by Crippen LogP contribution is 1.97. The number of ether oxygens (including phenoxy) is 1. The highest BCUT2D eigenvalue weighted by molar-refractivity contribution is 5.72. The first-order chi connectivity index (χ1) is 3.29. The van der Waals surface area contributed by atoms with Crippen molar-refractivity contribution in [2.45, 2.75) is 13.0 Å². The molecule has 0 aliphatic carbocycles. The van der Waals surface area contributed by atoms with E-state index in [0.717, 1.165) is 0 Å². The van der Waals surface area contributed by atoms with Crippen LogP contribution < -0.4 is 5.73 Å². The van der Waals surface area contributed by atoms with Gasteiger partial charge in [-0.3, -0.25) is 0 Å². The Balaban J connectivity index is 2.50. The van der Waals surface area contributed by atoms with E-state index in [1.165, 1.54) is 0 Å². The van der Waals surface area contributed by atoms with Crippen LogP contribution in [0.15, 0.2) is 4.99 Å². The van der Waals surface area contributed by atoms with E-state index in [9.17, 15) is 0 Å². The van der Waals surface area contributed by atoms with Crippen LogP contribution in [0.3, 0.4) is 0 Å². The minimum absolute atomic E-state index is 0.264. The van der Waals surface area contributed by atoms with Crippen LogP contribution >= 0.6 is 0 Å². The second-order valence-corrected chi connectivity index (χ2v) is 1.63. The quantitative estimate of drug-likeness (QED) is 0.455. The molecule has 0 saturated carbocycles. The van der Waals surface area contributed by atoms with Crippen molar-refractivity contribution in [3.63, 3.8) is 0 Å². The van der Waals surface area contributed by atoms with Crippen molar-refractivity contribution in [1.82, 2.24) is 0 Å². The molecular weight excluding hydrogens is 92.1 g/mol. The Morgan fingerprint density at radius 2 is 2.71 bits per heavy atom. The highest BCUT2D eigenvalue weighted by Gasteiger charge is 2.08. The predicted molar refractivity (Wildman–Crippen MR) is 27.0 cm³/mol. The zero-order valence-corrected chi connectivity index (χ0v) is 4.22. The smallest absolute Gasteiger partial charge is 0.282 e. The standard InChI is InChI=1S/C4H8N2O/c1-3-2-7-4(5)6-3/h3H,2H2,1H3,(H2,5,6)/t3-/m0/s1. The van der Waals surface area contributed by atoms with Crippen LogP contribution in [-0.2, 0) is 4.74 Å². The van der Waals surface area contributed by atoms with E-state index < -0.39 is 0 Å². The van der Waals surface area contributed by atoms with Crippen molar-refractivity contribution >= 4 is 6.02 Å². The molecular formula is C4H8N2O. The molecule has 1 aliphatic heterocycles. The van der Waals surface area contributed by atoms with E-state index in [-0.39, 0.29) is 6.04 Å². The number of rotatable bonds is 0. The Hall–Kier alpha value is -0.730. The van der Waals surface area contributed by atoms with Crippen LogP contribution in [0.5, 0.6) is 0 Å². The van der Waals surface area contributed by atoms with Crippen molar-refractivity contribution in [2.75, 3.05) is 6.61 Å². The van der Waals surface area contributed by atoms with Gasteiger partial charge in [0, 0.05) is 0 Å². The molecule has 0 aromatic carbocycles. The maximum atomic E-state index is 5.15. The van der Waals surface area contributed by atoms with Gasteiger partial charge in [-0.1, -0.05) is 0 Å². The maximum Gasteiger partial charge on any atom is 0.282 e. The normalized spacial score (nSPS) is 29.3. The molecule has 1 atom stereocenters. The molecule has 0 spiro atoms. The third-order valence-corrected chi connectivity index (χ3v) is 0.820. The zero-order valence-electron chi connectivity index (χ0n) is 4.22. The van der Waals surface area contributed by atoms with Gasteiger partial charge >= 0.3 is 0 Å². The molecule has 0 aromatic rings. The summed E-state index contributed by atoms with van der Waals surface area (Å²) in [6.07, 6.45) is 0. The molecule has 1 heterocycles. The fraction of sp³-hybridized carbons (Fsp3) is 0.750. The number of nitrogens with two attached hydrogens (primary N) is 1. The lowest BCUT2D eigenvalue weighted by Gasteiger charge is -1.89. The fourth-order valence-corrected chi connectivity index (χ4v) is 0.498. The minimum atomic E-state index is 0.264. The summed E-state index contributed by atoms with van der Waals surface area (Å²) >= 11 is 0. The largest absolute Gasteiger partial charge is 0.463 e. The van der Waals surface area contributed by atoms with Gasteiger partial charge in [-0.15, -0.1) is 0 Å². The van der Waals surface area contributed by atoms with Gasteiger partial charge < -0.3 is 10.5 Å². The van der Waals surface area contributed by atoms with Crippen LogP contribution in [0.4, 0.5) is 0 Å². The van der Waals surface area contributed by atoms with Gasteiger partial charge in [0.2, 0.25) is 0 Å². The maximum absolute atomic E-state index is 5.15. The number of nitrogens with zero attached hydrogens (tertiary/aromatic N) is 1. The van der Waals surface area contributed by atoms with Gasteiger partial charge in [0.05, 0.1) is 6.04 Å². The molecule has 0 aromatic heterocycles. The lowest BCUT2D eigenvalue weighted by molar-refractivity contribution is 0.319. The lowest BCUT2D eigenvalue weighted by Crippen LogP contribution is -2.10. The molecule has 1 aliphatic rings. The summed E-state index contributed by atoms with van der Waals surface area (Å²) in [5.74, 6) is 0. The first kappa shape index (κ1) is 4.43. The summed E-state index contributed by atoms with van der Waals surface area (Å²) in [7, 11) is 0. The molecule has 40 valence electrons. The van der Waals surface area contributed by atoms with Crippen molar-refractivity contribution < 1.29 is 4.74 Å². The van der Waals surface area contributed by atoms with Crippen molar-refractivity contribution in [1.29, 1.82) is 0 Å². The summed E-state index contributed by atoms with van der Waals surface area (Å²) in [5, 5.41) is 0. The Morgan fingerprint density at radius 3 is 2.86 bits per heavy atom. The highest BCUT2D eigenvalue weighted by atomic mass is 16.5. The molecule has 0 radical (unpaired) electrons. The van der Waals surface area contributed by atoms with E-state index in [0.29, 0.717) is 12.6 Å². The Bertz CT molecular complexity index is 99.9. The number of hydrogen-bond donors (Lipinski definition) is 1. The number of hydrogen-bond acceptors (Lipinski definition) is 3. The molecule has 3 nitrogen and oxygen atoms in total. The second kappa shape index (κ2) is 1.40. The summed E-state index contributed by atoms with van der Waals surface area (Å²) < 4.78 is 4.79. The first-order valence-electron chi connectivity index (χ1n) is 2.25. The molecule has 3 heteroatoms. The monoisotopic (exact) mass is 100 g/mol. The molecule has 7 heavy (non-hydrogen) atoms. The van der Waals surface area contributed by atoms with Crippen LogP contribution in [-0.4, -0.2) is 18.7 Å². The van der Waals surface area contributed by atoms with Crippen molar-refractivity contribution in [2.24, 2.45) is 10.7 Å². The van der Waals surface area contributed by atoms with Gasteiger partial charge in [0.25, 0.3) is 6.02 Å². The average Bonchev–Trinajstić information content (AvgIpc) is 1.87. The minimum Gasteiger partial charge on any atom is -0.463 e. The van der Waals surface area contributed by atoms with Crippen LogP contribution in [0.25, 0.3) is 0 Å². The van der Waals surface area contributed by atoms with E-state index in [1.54, 1.807) is 0 Å². The van der Waals surface area contributed by atoms with Crippen LogP contribution in [0, 0.1) is 0 Å². The third kappa shape index (κ3) is 0.824. The summed E-state index contributed by atoms with van der Waals surface area (Å²) in [6.45, 7) is 2.60. The molecule has 0 amide bonds. The second-order valence-electron chi connectivity index (χ2n) is 1.63. The SMILES string of the molecule is C[C@H]1COC(N)=N1. The molecule has 1 rings (SSSR count). The average molecular weight is 100 g/mol. The third-order valence-electron chi connectivity index (χ3n) is 0.820. The molecule has 0 bridgehead atoms. The molecule has 2 N–H and O–H groups in total. The van der Waals surface area contributed by atoms with Crippen molar-refractivity contribution in [3.8, 4) is 0 Å². The van der Waals surface area contributed by atoms with Gasteiger partial charge in [-0.25, -0.2) is 4.99 Å². The summed E-state index contributed by atoms with van der Waals surface area (Å²) in [4.78, 5) is 3.86. The summed E-state index contributed by atoms with van der Waals surface area (Å²) in [6, 6.07) is 0.590. The van der Waals surface area contributed by atoms with Gasteiger partial charge in [-0.2, -0.15) is 0 Å². The first-order valence-corrected chi connectivity index (χ1v) is 2.25.